The highest BCUT2D eigenvalue weighted by molar-refractivity contribution is 5.97. The van der Waals surface area contributed by atoms with Gasteiger partial charge in [-0.15, -0.1) is 0 Å². The average molecular weight is 426 g/mol. The number of aromatic nitrogens is 2. The van der Waals surface area contributed by atoms with Crippen molar-refractivity contribution in [3.05, 3.63) is 46.8 Å². The van der Waals surface area contributed by atoms with E-state index in [1.54, 1.807) is 12.1 Å². The predicted octanol–water partition coefficient (Wildman–Crippen LogP) is 3.47. The molecule has 0 unspecified atom stereocenters. The molecule has 1 aromatic carbocycles. The van der Waals surface area contributed by atoms with E-state index in [9.17, 15) is 9.59 Å². The highest BCUT2D eigenvalue weighted by Crippen LogP contribution is 2.38. The zero-order valence-corrected chi connectivity index (χ0v) is 18.4. The Kier molecular flexibility index (Phi) is 6.41. The van der Waals surface area contributed by atoms with Gasteiger partial charge in [-0.05, 0) is 55.7 Å². The van der Waals surface area contributed by atoms with Crippen molar-refractivity contribution in [1.82, 2.24) is 15.1 Å². The second-order valence-corrected chi connectivity index (χ2v) is 8.55. The largest absolute Gasteiger partial charge is 0.462 e. The zero-order chi connectivity index (χ0) is 21.8. The maximum Gasteiger partial charge on any atom is 0.338 e. The average Bonchev–Trinajstić information content (AvgIpc) is 3.10. The lowest BCUT2D eigenvalue weighted by molar-refractivity contribution is 0.0155. The number of fused-ring (bicyclic) bond motifs is 1. The van der Waals surface area contributed by atoms with Crippen LogP contribution in [0.3, 0.4) is 0 Å². The molecular weight excluding hydrogens is 394 g/mol. The van der Waals surface area contributed by atoms with Crippen molar-refractivity contribution in [3.8, 4) is 5.69 Å². The maximum absolute atomic E-state index is 13.0. The molecule has 0 radical (unpaired) electrons. The van der Waals surface area contributed by atoms with E-state index in [2.05, 4.69) is 12.2 Å². The lowest BCUT2D eigenvalue weighted by Gasteiger charge is -2.36. The van der Waals surface area contributed by atoms with E-state index in [1.165, 1.54) is 0 Å². The molecule has 3 heterocycles. The smallest absolute Gasteiger partial charge is 0.338 e. The van der Waals surface area contributed by atoms with E-state index in [1.807, 2.05) is 23.7 Å². The molecule has 2 aromatic rings. The number of carbonyl (C=O) groups excluding carboxylic acids is 2. The Balaban J connectivity index is 1.72. The number of hydrogen-bond acceptors (Lipinski definition) is 5. The van der Waals surface area contributed by atoms with Crippen molar-refractivity contribution >= 4 is 11.9 Å². The minimum absolute atomic E-state index is 0.0291. The molecule has 7 nitrogen and oxygen atoms in total. The lowest BCUT2D eigenvalue weighted by Crippen LogP contribution is -2.40. The summed E-state index contributed by atoms with van der Waals surface area (Å²) in [6.07, 6.45) is 5.05. The van der Waals surface area contributed by atoms with Gasteiger partial charge < -0.3 is 14.8 Å². The number of hydrogen-bond donors (Lipinski definition) is 1. The highest BCUT2D eigenvalue weighted by atomic mass is 16.5. The molecule has 0 saturated carbocycles. The summed E-state index contributed by atoms with van der Waals surface area (Å²) in [5, 5.41) is 7.94. The minimum Gasteiger partial charge on any atom is -0.462 e. The van der Waals surface area contributed by atoms with Gasteiger partial charge in [0.25, 0.3) is 5.91 Å². The quantitative estimate of drug-likeness (QED) is 0.566. The molecule has 1 saturated heterocycles. The first-order valence-electron chi connectivity index (χ1n) is 11.3. The Morgan fingerprint density at radius 3 is 2.84 bits per heavy atom. The first kappa shape index (κ1) is 21.6. The van der Waals surface area contributed by atoms with Crippen molar-refractivity contribution in [2.75, 3.05) is 26.4 Å². The predicted molar refractivity (Wildman–Crippen MR) is 117 cm³/mol. The van der Waals surface area contributed by atoms with E-state index >= 15 is 0 Å². The van der Waals surface area contributed by atoms with E-state index < -0.39 is 0 Å². The standard InChI is InChI=1S/C24H31N3O4/c1-3-5-11-31-23(29)17-7-6-8-18(14-17)27-20-15-24(9-12-30-13-10-24)16-25-22(28)21(20)19(4-2)26-27/h6-8,14H,3-5,9-13,15-16H2,1-2H3,(H,25,28). The van der Waals surface area contributed by atoms with Crippen molar-refractivity contribution < 1.29 is 19.1 Å². The van der Waals surface area contributed by atoms with E-state index in [-0.39, 0.29) is 17.3 Å². The lowest BCUT2D eigenvalue weighted by atomic mass is 9.76. The number of carbonyl (C=O) groups is 2. The summed E-state index contributed by atoms with van der Waals surface area (Å²) < 4.78 is 12.8. The van der Waals surface area contributed by atoms with E-state index in [0.29, 0.717) is 43.9 Å². The first-order valence-corrected chi connectivity index (χ1v) is 11.3. The van der Waals surface area contributed by atoms with Crippen LogP contribution in [0.4, 0.5) is 0 Å². The number of amides is 1. The van der Waals surface area contributed by atoms with Crippen molar-refractivity contribution in [1.29, 1.82) is 0 Å². The van der Waals surface area contributed by atoms with Gasteiger partial charge in [-0.3, -0.25) is 4.79 Å². The Bertz CT molecular complexity index is 960. The summed E-state index contributed by atoms with van der Waals surface area (Å²) in [5.74, 6) is -0.389. The minimum atomic E-state index is -0.331. The molecular formula is C24H31N3O4. The molecule has 1 spiro atoms. The van der Waals surface area contributed by atoms with Gasteiger partial charge in [0.2, 0.25) is 0 Å². The van der Waals surface area contributed by atoms with Gasteiger partial charge in [-0.2, -0.15) is 5.10 Å². The van der Waals surface area contributed by atoms with Crippen molar-refractivity contribution in [2.45, 2.75) is 52.4 Å². The summed E-state index contributed by atoms with van der Waals surface area (Å²) in [4.78, 5) is 25.5. The van der Waals surface area contributed by atoms with Gasteiger partial charge in [-0.25, -0.2) is 9.48 Å². The number of aryl methyl sites for hydroxylation is 1. The SMILES string of the molecule is CCCCOC(=O)c1cccc(-n2nc(CC)c3c2CC2(CCOCC2)CNC3=O)c1. The number of esters is 1. The third kappa shape index (κ3) is 4.37. The molecule has 166 valence electrons. The summed E-state index contributed by atoms with van der Waals surface area (Å²) in [6, 6.07) is 7.33. The van der Waals surface area contributed by atoms with Gasteiger partial charge in [0.1, 0.15) is 0 Å². The Labute approximate surface area is 183 Å². The topological polar surface area (TPSA) is 82.5 Å². The van der Waals surface area contributed by atoms with Gasteiger partial charge in [0.15, 0.2) is 0 Å². The highest BCUT2D eigenvalue weighted by Gasteiger charge is 2.39. The van der Waals surface area contributed by atoms with Gasteiger partial charge >= 0.3 is 5.97 Å². The third-order valence-electron chi connectivity index (χ3n) is 6.39. The van der Waals surface area contributed by atoms with Crippen LogP contribution < -0.4 is 5.32 Å². The van der Waals surface area contributed by atoms with Crippen LogP contribution in [0.5, 0.6) is 0 Å². The summed E-state index contributed by atoms with van der Waals surface area (Å²) in [5.41, 5.74) is 3.63. The van der Waals surface area contributed by atoms with Crippen LogP contribution in [0.2, 0.25) is 0 Å². The molecule has 1 N–H and O–H groups in total. The fourth-order valence-electron chi connectivity index (χ4n) is 4.48. The number of nitrogens with one attached hydrogen (secondary N) is 1. The molecule has 2 aliphatic rings. The van der Waals surface area contributed by atoms with Crippen molar-refractivity contribution in [2.24, 2.45) is 5.41 Å². The molecule has 0 atom stereocenters. The van der Waals surface area contributed by atoms with Crippen molar-refractivity contribution in [3.63, 3.8) is 0 Å². The summed E-state index contributed by atoms with van der Waals surface area (Å²) in [7, 11) is 0. The second-order valence-electron chi connectivity index (χ2n) is 8.55. The fraction of sp³-hybridized carbons (Fsp3) is 0.542. The summed E-state index contributed by atoms with van der Waals surface area (Å²) in [6.45, 7) is 6.55. The molecule has 31 heavy (non-hydrogen) atoms. The third-order valence-corrected chi connectivity index (χ3v) is 6.39. The van der Waals surface area contributed by atoms with Crippen LogP contribution >= 0.6 is 0 Å². The van der Waals surface area contributed by atoms with Crippen LogP contribution in [0.1, 0.15) is 71.6 Å². The maximum atomic E-state index is 13.0. The molecule has 2 aliphatic heterocycles. The summed E-state index contributed by atoms with van der Waals surface area (Å²) >= 11 is 0. The van der Waals surface area contributed by atoms with Gasteiger partial charge in [0, 0.05) is 19.8 Å². The van der Waals surface area contributed by atoms with Crippen LogP contribution in [0.15, 0.2) is 24.3 Å². The second kappa shape index (κ2) is 9.22. The zero-order valence-electron chi connectivity index (χ0n) is 18.4. The van der Waals surface area contributed by atoms with Crippen LogP contribution in [-0.4, -0.2) is 48.0 Å². The molecule has 0 bridgehead atoms. The van der Waals surface area contributed by atoms with Gasteiger partial charge in [-0.1, -0.05) is 26.3 Å². The molecule has 1 amide bonds. The number of rotatable bonds is 6. The number of benzene rings is 1. The van der Waals surface area contributed by atoms with Crippen LogP contribution in [-0.2, 0) is 22.3 Å². The Morgan fingerprint density at radius 2 is 2.10 bits per heavy atom. The Hall–Kier alpha value is -2.67. The van der Waals surface area contributed by atoms with E-state index in [4.69, 9.17) is 14.6 Å². The first-order chi connectivity index (χ1) is 15.1. The molecule has 1 aromatic heterocycles. The molecule has 4 rings (SSSR count). The molecule has 1 fully saturated rings. The van der Waals surface area contributed by atoms with E-state index in [0.717, 1.165) is 49.2 Å². The molecule has 7 heteroatoms. The molecule has 0 aliphatic carbocycles. The monoisotopic (exact) mass is 425 g/mol. The number of nitrogens with zero attached hydrogens (tertiary/aromatic N) is 2. The van der Waals surface area contributed by atoms with Crippen LogP contribution in [0.25, 0.3) is 5.69 Å². The number of unbranched alkanes of at least 4 members (excludes halogenated alkanes) is 1. The van der Waals surface area contributed by atoms with Crippen LogP contribution in [0, 0.1) is 5.41 Å². The normalized spacial score (nSPS) is 17.7. The number of ether oxygens (including phenoxy) is 2. The fourth-order valence-corrected chi connectivity index (χ4v) is 4.48. The Morgan fingerprint density at radius 1 is 1.29 bits per heavy atom. The van der Waals surface area contributed by atoms with Gasteiger partial charge in [0.05, 0.1) is 34.8 Å².